The van der Waals surface area contributed by atoms with Crippen molar-refractivity contribution in [3.8, 4) is 0 Å². The van der Waals surface area contributed by atoms with Gasteiger partial charge in [0.15, 0.2) is 0 Å². The Labute approximate surface area is 136 Å². The summed E-state index contributed by atoms with van der Waals surface area (Å²) in [4.78, 5) is 24.9. The Morgan fingerprint density at radius 1 is 1.33 bits per heavy atom. The van der Waals surface area contributed by atoms with Crippen LogP contribution in [0.2, 0.25) is 10.0 Å². The molecule has 1 heterocycles. The lowest BCUT2D eigenvalue weighted by Crippen LogP contribution is -2.52. The number of halogens is 2. The molecule has 0 spiro atoms. The van der Waals surface area contributed by atoms with Crippen molar-refractivity contribution in [2.75, 3.05) is 19.3 Å². The molecule has 1 amide bonds. The van der Waals surface area contributed by atoms with Crippen molar-refractivity contribution in [3.63, 3.8) is 0 Å². The van der Waals surface area contributed by atoms with Crippen LogP contribution in [0.5, 0.6) is 0 Å². The predicted molar refractivity (Wildman–Crippen MR) is 85.0 cm³/mol. The molecule has 0 unspecified atom stereocenters. The maximum Gasteiger partial charge on any atom is 0.310 e. The summed E-state index contributed by atoms with van der Waals surface area (Å²) in [5.41, 5.74) is 0.656. The van der Waals surface area contributed by atoms with Gasteiger partial charge in [-0.2, -0.15) is 0 Å². The number of carboxylic acids is 1. The normalized spacial score (nSPS) is 15.3. The number of likely N-dealkylation sites (tertiary alicyclic amines) is 1. The van der Waals surface area contributed by atoms with E-state index in [1.54, 1.807) is 12.1 Å². The Bertz CT molecular complexity index is 612. The minimum Gasteiger partial charge on any atom is -0.481 e. The molecular weight excluding hydrogens is 333 g/mol. The van der Waals surface area contributed by atoms with Crippen LogP contribution in [0.25, 0.3) is 6.08 Å². The summed E-state index contributed by atoms with van der Waals surface area (Å²) < 4.78 is 0. The first-order chi connectivity index (χ1) is 9.93. The molecule has 1 saturated heterocycles. The summed E-state index contributed by atoms with van der Waals surface area (Å²) in [6.07, 6.45) is 4.88. The molecule has 0 bridgehead atoms. The van der Waals surface area contributed by atoms with Crippen molar-refractivity contribution in [2.45, 2.75) is 4.90 Å². The number of aliphatic carboxylic acids is 1. The van der Waals surface area contributed by atoms with Gasteiger partial charge in [-0.25, -0.2) is 0 Å². The number of amides is 1. The highest BCUT2D eigenvalue weighted by atomic mass is 35.5. The number of hydrogen-bond donors (Lipinski definition) is 1. The highest BCUT2D eigenvalue weighted by molar-refractivity contribution is 7.98. The quantitative estimate of drug-likeness (QED) is 0.672. The lowest BCUT2D eigenvalue weighted by molar-refractivity contribution is -0.151. The summed E-state index contributed by atoms with van der Waals surface area (Å²) in [6.45, 7) is 0.497. The van der Waals surface area contributed by atoms with Gasteiger partial charge in [-0.15, -0.1) is 11.8 Å². The number of thioether (sulfide) groups is 1. The van der Waals surface area contributed by atoms with Crippen molar-refractivity contribution >= 4 is 52.9 Å². The van der Waals surface area contributed by atoms with Gasteiger partial charge in [0.2, 0.25) is 5.91 Å². The maximum atomic E-state index is 11.9. The Kier molecular flexibility index (Phi) is 5.19. The molecule has 0 aliphatic carbocycles. The molecule has 2 rings (SSSR count). The number of carboxylic acid groups (broad SMARTS) is 1. The van der Waals surface area contributed by atoms with E-state index in [0.717, 1.165) is 4.90 Å². The zero-order chi connectivity index (χ0) is 15.6. The van der Waals surface area contributed by atoms with Crippen molar-refractivity contribution in [3.05, 3.63) is 33.8 Å². The Morgan fingerprint density at radius 2 is 2.00 bits per heavy atom. The van der Waals surface area contributed by atoms with E-state index in [2.05, 4.69) is 0 Å². The molecule has 1 aliphatic rings. The van der Waals surface area contributed by atoms with Crippen LogP contribution in [0.15, 0.2) is 23.1 Å². The number of nitrogens with zero attached hydrogens (tertiary/aromatic N) is 1. The number of rotatable bonds is 4. The van der Waals surface area contributed by atoms with Crippen molar-refractivity contribution in [1.82, 2.24) is 4.90 Å². The molecule has 112 valence electrons. The molecule has 0 saturated carbocycles. The molecule has 1 aromatic carbocycles. The van der Waals surface area contributed by atoms with Crippen LogP contribution in [-0.4, -0.2) is 41.2 Å². The first-order valence-corrected chi connectivity index (χ1v) is 8.14. The van der Waals surface area contributed by atoms with Gasteiger partial charge < -0.3 is 10.0 Å². The number of benzene rings is 1. The second-order valence-electron chi connectivity index (χ2n) is 4.60. The first kappa shape index (κ1) is 16.2. The topological polar surface area (TPSA) is 57.6 Å². The minimum absolute atomic E-state index is 0.228. The molecule has 0 radical (unpaired) electrons. The summed E-state index contributed by atoms with van der Waals surface area (Å²) in [5, 5.41) is 9.64. The standard InChI is InChI=1S/C14H13Cl2NO3S/c1-21-10-4-2-8(12(15)13(10)16)3-5-11(18)17-6-9(7-17)14(19)20/h2-5,9H,6-7H2,1H3,(H,19,20)/b5-3+. The van der Waals surface area contributed by atoms with Crippen LogP contribution in [-0.2, 0) is 9.59 Å². The second-order valence-corrected chi connectivity index (χ2v) is 6.20. The highest BCUT2D eigenvalue weighted by Crippen LogP contribution is 2.35. The Morgan fingerprint density at radius 3 is 2.57 bits per heavy atom. The molecule has 1 fully saturated rings. The van der Waals surface area contributed by atoms with Crippen LogP contribution in [0, 0.1) is 5.92 Å². The van der Waals surface area contributed by atoms with E-state index in [0.29, 0.717) is 15.6 Å². The maximum absolute atomic E-state index is 11.9. The number of carbonyl (C=O) groups is 2. The molecule has 0 atom stereocenters. The molecule has 1 N–H and O–H groups in total. The van der Waals surface area contributed by atoms with Gasteiger partial charge in [-0.1, -0.05) is 29.3 Å². The summed E-state index contributed by atoms with van der Waals surface area (Å²) >= 11 is 13.8. The monoisotopic (exact) mass is 345 g/mol. The van der Waals surface area contributed by atoms with Crippen LogP contribution in [0.1, 0.15) is 5.56 Å². The largest absolute Gasteiger partial charge is 0.481 e. The van der Waals surface area contributed by atoms with E-state index >= 15 is 0 Å². The van der Waals surface area contributed by atoms with E-state index in [1.165, 1.54) is 22.7 Å². The van der Waals surface area contributed by atoms with Crippen molar-refractivity contribution in [2.24, 2.45) is 5.92 Å². The summed E-state index contributed by atoms with van der Waals surface area (Å²) in [7, 11) is 0. The molecule has 21 heavy (non-hydrogen) atoms. The fourth-order valence-electron chi connectivity index (χ4n) is 1.91. The van der Waals surface area contributed by atoms with Crippen molar-refractivity contribution in [1.29, 1.82) is 0 Å². The SMILES string of the molecule is CSc1ccc(/C=C/C(=O)N2CC(C(=O)O)C2)c(Cl)c1Cl. The zero-order valence-electron chi connectivity index (χ0n) is 11.2. The first-order valence-electron chi connectivity index (χ1n) is 6.15. The predicted octanol–water partition coefficient (Wildman–Crippen LogP) is 3.27. The summed E-state index contributed by atoms with van der Waals surface area (Å²) in [5.74, 6) is -1.56. The van der Waals surface area contributed by atoms with E-state index in [-0.39, 0.29) is 19.0 Å². The van der Waals surface area contributed by atoms with Crippen LogP contribution < -0.4 is 0 Å². The lowest BCUT2D eigenvalue weighted by atomic mass is 10.0. The van der Waals surface area contributed by atoms with Gasteiger partial charge in [0.1, 0.15) is 0 Å². The highest BCUT2D eigenvalue weighted by Gasteiger charge is 2.34. The van der Waals surface area contributed by atoms with Gasteiger partial charge in [-0.05, 0) is 24.0 Å². The smallest absolute Gasteiger partial charge is 0.310 e. The van der Waals surface area contributed by atoms with Gasteiger partial charge in [-0.3, -0.25) is 9.59 Å². The van der Waals surface area contributed by atoms with E-state index in [4.69, 9.17) is 28.3 Å². The van der Waals surface area contributed by atoms with Crippen LogP contribution in [0.3, 0.4) is 0 Å². The van der Waals surface area contributed by atoms with Gasteiger partial charge >= 0.3 is 5.97 Å². The number of carbonyl (C=O) groups excluding carboxylic acids is 1. The fourth-order valence-corrected chi connectivity index (χ4v) is 3.09. The number of hydrogen-bond acceptors (Lipinski definition) is 3. The van der Waals surface area contributed by atoms with Gasteiger partial charge in [0, 0.05) is 24.1 Å². The van der Waals surface area contributed by atoms with Crippen molar-refractivity contribution < 1.29 is 14.7 Å². The Hall–Kier alpha value is -1.17. The fraction of sp³-hybridized carbons (Fsp3) is 0.286. The summed E-state index contributed by atoms with van der Waals surface area (Å²) in [6, 6.07) is 3.63. The van der Waals surface area contributed by atoms with E-state index in [1.807, 2.05) is 12.3 Å². The average molecular weight is 346 g/mol. The molecule has 1 aromatic rings. The Balaban J connectivity index is 2.04. The third-order valence-electron chi connectivity index (χ3n) is 3.24. The second kappa shape index (κ2) is 6.73. The van der Waals surface area contributed by atoms with Gasteiger partial charge in [0.05, 0.1) is 16.0 Å². The van der Waals surface area contributed by atoms with E-state index in [9.17, 15) is 9.59 Å². The molecular formula is C14H13Cl2NO3S. The molecule has 7 heteroatoms. The van der Waals surface area contributed by atoms with Gasteiger partial charge in [0.25, 0.3) is 0 Å². The van der Waals surface area contributed by atoms with E-state index < -0.39 is 11.9 Å². The third-order valence-corrected chi connectivity index (χ3v) is 5.03. The minimum atomic E-state index is -0.870. The molecule has 4 nitrogen and oxygen atoms in total. The lowest BCUT2D eigenvalue weighted by Gasteiger charge is -2.35. The average Bonchev–Trinajstić information content (AvgIpc) is 2.38. The molecule has 1 aliphatic heterocycles. The zero-order valence-corrected chi connectivity index (χ0v) is 13.5. The molecule has 0 aromatic heterocycles. The van der Waals surface area contributed by atoms with Crippen LogP contribution in [0.4, 0.5) is 0 Å². The van der Waals surface area contributed by atoms with Crippen LogP contribution >= 0.6 is 35.0 Å². The third kappa shape index (κ3) is 3.54.